The number of pyridine rings is 1. The average Bonchev–Trinajstić information content (AvgIpc) is 3.13. The van der Waals surface area contributed by atoms with Crippen LogP contribution >= 0.6 is 0 Å². The van der Waals surface area contributed by atoms with Crippen LogP contribution in [-0.2, 0) is 4.74 Å². The van der Waals surface area contributed by atoms with Crippen molar-refractivity contribution in [1.29, 1.82) is 0 Å². The third-order valence-electron chi connectivity index (χ3n) is 3.95. The quantitative estimate of drug-likeness (QED) is 0.852. The molecule has 0 bridgehead atoms. The monoisotopic (exact) mass is 312 g/mol. The van der Waals surface area contributed by atoms with E-state index in [1.165, 1.54) is 0 Å². The molecule has 1 aliphatic rings. The van der Waals surface area contributed by atoms with E-state index in [1.54, 1.807) is 36.5 Å². The molecule has 1 aromatic carbocycles. The van der Waals surface area contributed by atoms with Crippen molar-refractivity contribution in [3.8, 4) is 5.75 Å². The van der Waals surface area contributed by atoms with Gasteiger partial charge in [-0.1, -0.05) is 6.07 Å². The molecule has 0 unspecified atom stereocenters. The minimum absolute atomic E-state index is 0.0643. The smallest absolute Gasteiger partial charge is 0.258 e. The van der Waals surface area contributed by atoms with Crippen molar-refractivity contribution >= 4 is 11.6 Å². The van der Waals surface area contributed by atoms with Gasteiger partial charge in [-0.05, 0) is 43.2 Å². The van der Waals surface area contributed by atoms with E-state index in [4.69, 9.17) is 9.47 Å². The molecule has 1 saturated heterocycles. The van der Waals surface area contributed by atoms with Crippen LogP contribution in [0.4, 0.5) is 5.69 Å². The fourth-order valence-corrected chi connectivity index (χ4v) is 2.73. The van der Waals surface area contributed by atoms with Gasteiger partial charge in [-0.3, -0.25) is 9.78 Å². The number of nitrogens with zero attached hydrogens (tertiary/aromatic N) is 2. The highest BCUT2D eigenvalue weighted by molar-refractivity contribution is 6.06. The van der Waals surface area contributed by atoms with Gasteiger partial charge in [0.15, 0.2) is 0 Å². The Labute approximate surface area is 135 Å². The van der Waals surface area contributed by atoms with Crippen LogP contribution in [0.25, 0.3) is 0 Å². The minimum Gasteiger partial charge on any atom is -0.497 e. The molecule has 3 rings (SSSR count). The first-order valence-corrected chi connectivity index (χ1v) is 7.75. The minimum atomic E-state index is -0.0643. The second-order valence-electron chi connectivity index (χ2n) is 5.49. The van der Waals surface area contributed by atoms with Crippen molar-refractivity contribution in [2.75, 3.05) is 25.2 Å². The molecule has 1 fully saturated rings. The topological polar surface area (TPSA) is 51.7 Å². The van der Waals surface area contributed by atoms with Crippen LogP contribution in [0.15, 0.2) is 48.8 Å². The Morgan fingerprint density at radius 1 is 1.35 bits per heavy atom. The zero-order valence-corrected chi connectivity index (χ0v) is 13.1. The number of carbonyl (C=O) groups is 1. The van der Waals surface area contributed by atoms with Gasteiger partial charge in [-0.15, -0.1) is 0 Å². The van der Waals surface area contributed by atoms with E-state index < -0.39 is 0 Å². The highest BCUT2D eigenvalue weighted by atomic mass is 16.5. The lowest BCUT2D eigenvalue weighted by atomic mass is 10.1. The molecule has 0 radical (unpaired) electrons. The fourth-order valence-electron chi connectivity index (χ4n) is 2.73. The maximum Gasteiger partial charge on any atom is 0.258 e. The Morgan fingerprint density at radius 3 is 2.87 bits per heavy atom. The SMILES string of the molecule is COc1cccc(C(=O)N(C[C@@H]2CCCO2)c2ccncc2)c1. The molecule has 0 saturated carbocycles. The van der Waals surface area contributed by atoms with Gasteiger partial charge in [0.2, 0.25) is 0 Å². The molecule has 5 nitrogen and oxygen atoms in total. The molecule has 0 aliphatic carbocycles. The predicted molar refractivity (Wildman–Crippen MR) is 87.9 cm³/mol. The Balaban J connectivity index is 1.88. The Morgan fingerprint density at radius 2 is 2.17 bits per heavy atom. The molecule has 2 aromatic rings. The normalized spacial score (nSPS) is 17.0. The summed E-state index contributed by atoms with van der Waals surface area (Å²) >= 11 is 0. The van der Waals surface area contributed by atoms with Crippen LogP contribution in [0, 0.1) is 0 Å². The van der Waals surface area contributed by atoms with E-state index in [0.717, 1.165) is 25.1 Å². The molecule has 5 heteroatoms. The van der Waals surface area contributed by atoms with E-state index in [2.05, 4.69) is 4.98 Å². The first-order chi connectivity index (χ1) is 11.3. The molecule has 23 heavy (non-hydrogen) atoms. The molecule has 0 N–H and O–H groups in total. The third-order valence-corrected chi connectivity index (χ3v) is 3.95. The fraction of sp³-hybridized carbons (Fsp3) is 0.333. The zero-order chi connectivity index (χ0) is 16.1. The van der Waals surface area contributed by atoms with Gasteiger partial charge in [0.1, 0.15) is 5.75 Å². The zero-order valence-electron chi connectivity index (χ0n) is 13.1. The summed E-state index contributed by atoms with van der Waals surface area (Å²) < 4.78 is 10.9. The average molecular weight is 312 g/mol. The lowest BCUT2D eigenvalue weighted by molar-refractivity contribution is 0.0917. The summed E-state index contributed by atoms with van der Waals surface area (Å²) in [6, 6.07) is 10.9. The van der Waals surface area contributed by atoms with Gasteiger partial charge in [-0.2, -0.15) is 0 Å². The van der Waals surface area contributed by atoms with Crippen molar-refractivity contribution < 1.29 is 14.3 Å². The number of ether oxygens (including phenoxy) is 2. The lowest BCUT2D eigenvalue weighted by Gasteiger charge is -2.25. The molecule has 120 valence electrons. The summed E-state index contributed by atoms with van der Waals surface area (Å²) in [6.07, 6.45) is 5.49. The number of benzene rings is 1. The standard InChI is InChI=1S/C18H20N2O3/c1-22-16-5-2-4-14(12-16)18(21)20(13-17-6-3-11-23-17)15-7-9-19-10-8-15/h2,4-5,7-10,12,17H,3,6,11,13H2,1H3/t17-/m0/s1. The van der Waals surface area contributed by atoms with Crippen molar-refractivity contribution in [3.05, 3.63) is 54.4 Å². The molecular weight excluding hydrogens is 292 g/mol. The Bertz CT molecular complexity index is 654. The number of hydrogen-bond donors (Lipinski definition) is 0. The lowest BCUT2D eigenvalue weighted by Crippen LogP contribution is -2.37. The van der Waals surface area contributed by atoms with E-state index in [9.17, 15) is 4.79 Å². The van der Waals surface area contributed by atoms with Gasteiger partial charge >= 0.3 is 0 Å². The number of amides is 1. The van der Waals surface area contributed by atoms with Crippen molar-refractivity contribution in [1.82, 2.24) is 4.98 Å². The van der Waals surface area contributed by atoms with E-state index in [1.807, 2.05) is 24.3 Å². The number of rotatable bonds is 5. The Hall–Kier alpha value is -2.40. The largest absolute Gasteiger partial charge is 0.497 e. The maximum absolute atomic E-state index is 13.0. The van der Waals surface area contributed by atoms with Gasteiger partial charge in [0, 0.05) is 30.3 Å². The summed E-state index contributed by atoms with van der Waals surface area (Å²) in [4.78, 5) is 18.8. The van der Waals surface area contributed by atoms with Crippen LogP contribution in [0.3, 0.4) is 0 Å². The number of carbonyl (C=O) groups excluding carboxylic acids is 1. The molecule has 1 aromatic heterocycles. The van der Waals surface area contributed by atoms with Crippen molar-refractivity contribution in [2.45, 2.75) is 18.9 Å². The number of aromatic nitrogens is 1. The van der Waals surface area contributed by atoms with Crippen molar-refractivity contribution in [3.63, 3.8) is 0 Å². The molecular formula is C18H20N2O3. The van der Waals surface area contributed by atoms with Crippen molar-refractivity contribution in [2.24, 2.45) is 0 Å². The first-order valence-electron chi connectivity index (χ1n) is 7.75. The third kappa shape index (κ3) is 3.68. The van der Waals surface area contributed by atoms with Crippen LogP contribution in [-0.4, -0.2) is 37.3 Å². The van der Waals surface area contributed by atoms with Crippen LogP contribution in [0.1, 0.15) is 23.2 Å². The molecule has 1 aliphatic heterocycles. The number of hydrogen-bond acceptors (Lipinski definition) is 4. The second-order valence-corrected chi connectivity index (χ2v) is 5.49. The summed E-state index contributed by atoms with van der Waals surface area (Å²) in [5, 5.41) is 0. The van der Waals surface area contributed by atoms with Gasteiger partial charge in [-0.25, -0.2) is 0 Å². The molecule has 0 spiro atoms. The maximum atomic E-state index is 13.0. The highest BCUT2D eigenvalue weighted by Gasteiger charge is 2.24. The summed E-state index contributed by atoms with van der Waals surface area (Å²) in [5.74, 6) is 0.605. The Kier molecular flexibility index (Phi) is 4.88. The van der Waals surface area contributed by atoms with E-state index in [0.29, 0.717) is 17.9 Å². The summed E-state index contributed by atoms with van der Waals surface area (Å²) in [5.41, 5.74) is 1.42. The summed E-state index contributed by atoms with van der Waals surface area (Å²) in [6.45, 7) is 1.31. The van der Waals surface area contributed by atoms with Gasteiger partial charge in [0.25, 0.3) is 5.91 Å². The number of anilines is 1. The molecule has 1 amide bonds. The highest BCUT2D eigenvalue weighted by Crippen LogP contribution is 2.22. The molecule has 2 heterocycles. The van der Waals surface area contributed by atoms with Crippen LogP contribution < -0.4 is 9.64 Å². The number of methoxy groups -OCH3 is 1. The van der Waals surface area contributed by atoms with E-state index >= 15 is 0 Å². The van der Waals surface area contributed by atoms with Crippen LogP contribution in [0.5, 0.6) is 5.75 Å². The second kappa shape index (κ2) is 7.24. The predicted octanol–water partition coefficient (Wildman–Crippen LogP) is 2.92. The summed E-state index contributed by atoms with van der Waals surface area (Å²) in [7, 11) is 1.59. The van der Waals surface area contributed by atoms with Crippen LogP contribution in [0.2, 0.25) is 0 Å². The molecule has 1 atom stereocenters. The first kappa shape index (κ1) is 15.5. The van der Waals surface area contributed by atoms with Gasteiger partial charge in [0.05, 0.1) is 19.8 Å². The van der Waals surface area contributed by atoms with E-state index in [-0.39, 0.29) is 12.0 Å². The van der Waals surface area contributed by atoms with Gasteiger partial charge < -0.3 is 14.4 Å².